The van der Waals surface area contributed by atoms with Crippen LogP contribution in [0, 0.1) is 0 Å². The first-order valence-corrected chi connectivity index (χ1v) is 9.10. The quantitative estimate of drug-likeness (QED) is 0.292. The molecule has 0 fully saturated rings. The van der Waals surface area contributed by atoms with Crippen LogP contribution < -0.4 is 19.8 Å². The van der Waals surface area contributed by atoms with Gasteiger partial charge in [-0.2, -0.15) is 0 Å². The van der Waals surface area contributed by atoms with Crippen molar-refractivity contribution in [1.29, 1.82) is 0 Å². The number of thioether (sulfide) groups is 1. The number of carbonyl (C=O) groups is 2. The third-order valence-electron chi connectivity index (χ3n) is 3.74. The van der Waals surface area contributed by atoms with Crippen molar-refractivity contribution in [3.05, 3.63) is 48.0 Å². The lowest BCUT2D eigenvalue weighted by molar-refractivity contribution is -0.705. The molecule has 0 saturated heterocycles. The van der Waals surface area contributed by atoms with Gasteiger partial charge in [-0.3, -0.25) is 4.79 Å². The summed E-state index contributed by atoms with van der Waals surface area (Å²) in [6, 6.07) is 10.4. The summed E-state index contributed by atoms with van der Waals surface area (Å²) in [6.45, 7) is 0. The third-order valence-corrected chi connectivity index (χ3v) is 4.76. The van der Waals surface area contributed by atoms with Gasteiger partial charge in [-0.25, -0.2) is 4.79 Å². The number of hydrogen-bond donors (Lipinski definition) is 3. The van der Waals surface area contributed by atoms with Crippen molar-refractivity contribution >= 4 is 29.3 Å². The summed E-state index contributed by atoms with van der Waals surface area (Å²) in [5, 5.41) is 36.8. The van der Waals surface area contributed by atoms with E-state index in [0.717, 1.165) is 17.8 Å². The minimum absolute atomic E-state index is 0.0993. The predicted octanol–water partition coefficient (Wildman–Crippen LogP) is 1.17. The molecule has 1 aromatic heterocycles. The molecular weight excluding hydrogens is 402 g/mol. The molecule has 3 rings (SSSR count). The summed E-state index contributed by atoms with van der Waals surface area (Å²) < 4.78 is 11.0. The number of carboxylic acids is 1. The normalized spacial score (nSPS) is 10.5. The molecule has 0 unspecified atom stereocenters. The maximum absolute atomic E-state index is 12.2. The van der Waals surface area contributed by atoms with Crippen molar-refractivity contribution in [3.8, 4) is 23.1 Å². The van der Waals surface area contributed by atoms with E-state index in [4.69, 9.17) is 14.4 Å². The zero-order chi connectivity index (χ0) is 21.0. The highest BCUT2D eigenvalue weighted by molar-refractivity contribution is 7.99. The maximum atomic E-state index is 12.2. The molecule has 3 aromatic rings. The Bertz CT molecular complexity index is 1050. The van der Waals surface area contributed by atoms with Gasteiger partial charge in [0.2, 0.25) is 11.6 Å². The van der Waals surface area contributed by atoms with Gasteiger partial charge in [0, 0.05) is 17.8 Å². The van der Waals surface area contributed by atoms with E-state index < -0.39 is 23.6 Å². The van der Waals surface area contributed by atoms with E-state index in [2.05, 4.69) is 10.6 Å². The molecule has 1 amide bonds. The molecule has 0 aliphatic carbocycles. The van der Waals surface area contributed by atoms with E-state index in [1.807, 2.05) is 0 Å². The van der Waals surface area contributed by atoms with Crippen molar-refractivity contribution in [1.82, 2.24) is 5.27 Å². The lowest BCUT2D eigenvalue weighted by atomic mass is 10.2. The SMILES string of the molecule is COc1ccc(-[n+]2noc([O-])c2SCC(=O)Nc2ccc(O)c(C(=O)O)c2)cc1. The van der Waals surface area contributed by atoms with Crippen LogP contribution in [0.25, 0.3) is 5.69 Å². The van der Waals surface area contributed by atoms with Crippen molar-refractivity contribution in [2.45, 2.75) is 5.03 Å². The summed E-state index contributed by atoms with van der Waals surface area (Å²) >= 11 is 0.911. The number of carboxylic acid groups (broad SMARTS) is 1. The first-order valence-electron chi connectivity index (χ1n) is 8.11. The molecule has 10 nitrogen and oxygen atoms in total. The predicted molar refractivity (Wildman–Crippen MR) is 98.5 cm³/mol. The number of aromatic carboxylic acids is 1. The second-order valence-electron chi connectivity index (χ2n) is 5.65. The number of anilines is 1. The lowest BCUT2D eigenvalue weighted by Gasteiger charge is -2.06. The molecule has 0 spiro atoms. The van der Waals surface area contributed by atoms with Crippen molar-refractivity contribution in [2.24, 2.45) is 0 Å². The van der Waals surface area contributed by atoms with E-state index >= 15 is 0 Å². The van der Waals surface area contributed by atoms with E-state index in [-0.39, 0.29) is 22.0 Å². The van der Waals surface area contributed by atoms with Gasteiger partial charge in [0.15, 0.2) is 5.95 Å². The summed E-state index contributed by atoms with van der Waals surface area (Å²) in [6.07, 6.45) is 0. The monoisotopic (exact) mass is 417 g/mol. The first-order chi connectivity index (χ1) is 13.9. The molecule has 1 heterocycles. The number of benzene rings is 2. The largest absolute Gasteiger partial charge is 0.538 e. The minimum Gasteiger partial charge on any atom is -0.538 e. The lowest BCUT2D eigenvalue weighted by Crippen LogP contribution is -2.35. The highest BCUT2D eigenvalue weighted by Crippen LogP contribution is 2.25. The summed E-state index contributed by atoms with van der Waals surface area (Å²) in [4.78, 5) is 23.2. The molecule has 11 heteroatoms. The number of amides is 1. The number of rotatable bonds is 7. The second kappa shape index (κ2) is 8.52. The number of ether oxygens (including phenoxy) is 1. The van der Waals surface area contributed by atoms with E-state index in [9.17, 15) is 19.8 Å². The Hall–Kier alpha value is -3.73. The van der Waals surface area contributed by atoms with Crippen LogP contribution in [0.3, 0.4) is 0 Å². The Labute approximate surface area is 168 Å². The van der Waals surface area contributed by atoms with Gasteiger partial charge in [0.05, 0.1) is 18.1 Å². The van der Waals surface area contributed by atoms with Gasteiger partial charge in [-0.1, -0.05) is 0 Å². The van der Waals surface area contributed by atoms with E-state index in [0.29, 0.717) is 11.4 Å². The Morgan fingerprint density at radius 3 is 2.66 bits per heavy atom. The second-order valence-corrected chi connectivity index (χ2v) is 6.61. The van der Waals surface area contributed by atoms with E-state index in [1.165, 1.54) is 23.9 Å². The summed E-state index contributed by atoms with van der Waals surface area (Å²) in [7, 11) is 1.53. The standard InChI is InChI=1S/C18H15N3O7S/c1-27-12-5-3-11(4-6-12)21-16(18(26)28-20-21)29-9-15(23)19-10-2-7-14(22)13(8-10)17(24)25/h2-8,20H,9H2,1H3,(H2,24,25,26). The average molecular weight is 417 g/mol. The van der Waals surface area contributed by atoms with Crippen LogP contribution in [-0.4, -0.2) is 40.2 Å². The Morgan fingerprint density at radius 1 is 1.28 bits per heavy atom. The third kappa shape index (κ3) is 4.58. The zero-order valence-corrected chi connectivity index (χ0v) is 15.8. The topological polar surface area (TPSA) is 149 Å². The van der Waals surface area contributed by atoms with E-state index in [1.54, 1.807) is 24.3 Å². The van der Waals surface area contributed by atoms with Crippen LogP contribution in [-0.2, 0) is 4.79 Å². The maximum Gasteiger partial charge on any atom is 0.339 e. The zero-order valence-electron chi connectivity index (χ0n) is 15.0. The Kier molecular flexibility index (Phi) is 5.88. The van der Waals surface area contributed by atoms with Gasteiger partial charge in [0.25, 0.3) is 5.03 Å². The number of hydrogen-bond acceptors (Lipinski definition) is 8. The number of nitrogens with one attached hydrogen (secondary N) is 1. The number of methoxy groups -OCH3 is 1. The van der Waals surface area contributed by atoms with Gasteiger partial charge in [-0.05, 0) is 46.8 Å². The molecule has 0 aliphatic rings. The minimum atomic E-state index is -1.33. The number of carbonyl (C=O) groups excluding carboxylic acids is 1. The Morgan fingerprint density at radius 2 is 2.00 bits per heavy atom. The van der Waals surface area contributed by atoms with Gasteiger partial charge in [-0.15, -0.1) is 0 Å². The molecular formula is C18H15N3O7S. The Balaban J connectivity index is 1.70. The first kappa shape index (κ1) is 20.0. The smallest absolute Gasteiger partial charge is 0.339 e. The number of aromatic hydroxyl groups is 1. The molecule has 150 valence electrons. The molecule has 0 radical (unpaired) electrons. The summed E-state index contributed by atoms with van der Waals surface area (Å²) in [5.41, 5.74) is 0.402. The fourth-order valence-corrected chi connectivity index (χ4v) is 3.12. The highest BCUT2D eigenvalue weighted by atomic mass is 32.2. The number of aromatic nitrogens is 2. The summed E-state index contributed by atoms with van der Waals surface area (Å²) in [5.74, 6) is -2.45. The fourth-order valence-electron chi connectivity index (χ4n) is 2.36. The highest BCUT2D eigenvalue weighted by Gasteiger charge is 2.22. The van der Waals surface area contributed by atoms with Gasteiger partial charge >= 0.3 is 5.97 Å². The van der Waals surface area contributed by atoms with Crippen LogP contribution in [0.15, 0.2) is 52.0 Å². The molecule has 3 N–H and O–H groups in total. The fraction of sp³-hybridized carbons (Fsp3) is 0.111. The van der Waals surface area contributed by atoms with Crippen LogP contribution in [0.4, 0.5) is 5.69 Å². The van der Waals surface area contributed by atoms with Gasteiger partial charge < -0.3 is 29.9 Å². The molecule has 0 atom stereocenters. The molecule has 2 aromatic carbocycles. The van der Waals surface area contributed by atoms with Crippen molar-refractivity contribution < 1.29 is 38.9 Å². The number of nitrogens with zero attached hydrogens (tertiary/aromatic N) is 2. The average Bonchev–Trinajstić information content (AvgIpc) is 3.08. The van der Waals surface area contributed by atoms with Crippen molar-refractivity contribution in [2.75, 3.05) is 18.2 Å². The van der Waals surface area contributed by atoms with Crippen LogP contribution in [0.5, 0.6) is 17.4 Å². The van der Waals surface area contributed by atoms with Crippen molar-refractivity contribution in [3.63, 3.8) is 0 Å². The number of phenols is 1. The molecule has 29 heavy (non-hydrogen) atoms. The van der Waals surface area contributed by atoms with Crippen LogP contribution in [0.2, 0.25) is 0 Å². The molecule has 0 saturated carbocycles. The molecule has 0 aliphatic heterocycles. The molecule has 0 bridgehead atoms. The van der Waals surface area contributed by atoms with Gasteiger partial charge in [0.1, 0.15) is 17.1 Å². The van der Waals surface area contributed by atoms with Crippen LogP contribution >= 0.6 is 11.8 Å². The van der Waals surface area contributed by atoms with Crippen LogP contribution in [0.1, 0.15) is 10.4 Å².